The fourth-order valence-electron chi connectivity index (χ4n) is 3.37. The Kier molecular flexibility index (Phi) is 7.13. The average Bonchev–Trinajstić information content (AvgIpc) is 2.73. The summed E-state index contributed by atoms with van der Waals surface area (Å²) in [5.74, 6) is 0.641. The molecule has 158 valence electrons. The van der Waals surface area contributed by atoms with Gasteiger partial charge in [0.25, 0.3) is 10.0 Å². The van der Waals surface area contributed by atoms with Crippen molar-refractivity contribution < 1.29 is 18.3 Å². The van der Waals surface area contributed by atoms with Crippen molar-refractivity contribution in [1.29, 1.82) is 0 Å². The van der Waals surface area contributed by atoms with Gasteiger partial charge in [0.2, 0.25) is 0 Å². The first-order valence-electron chi connectivity index (χ1n) is 9.75. The molecule has 0 aliphatic carbocycles. The highest BCUT2D eigenvalue weighted by atomic mass is 32.2. The second-order valence-corrected chi connectivity index (χ2v) is 9.11. The number of ether oxygens (including phenoxy) is 1. The van der Waals surface area contributed by atoms with Gasteiger partial charge in [0, 0.05) is 32.7 Å². The molecule has 29 heavy (non-hydrogen) atoms. The lowest BCUT2D eigenvalue weighted by Crippen LogP contribution is -2.49. The van der Waals surface area contributed by atoms with E-state index in [0.717, 1.165) is 31.7 Å². The van der Waals surface area contributed by atoms with Crippen LogP contribution in [-0.2, 0) is 10.0 Å². The molecule has 2 aromatic carbocycles. The van der Waals surface area contributed by atoms with Gasteiger partial charge in [-0.1, -0.05) is 17.7 Å². The second kappa shape index (κ2) is 9.58. The van der Waals surface area contributed by atoms with Crippen LogP contribution in [0.5, 0.6) is 5.75 Å². The Morgan fingerprint density at radius 1 is 1.10 bits per heavy atom. The van der Waals surface area contributed by atoms with E-state index in [2.05, 4.69) is 10.2 Å². The number of rotatable bonds is 8. The average molecular weight is 420 g/mol. The normalized spacial score (nSPS) is 16.4. The van der Waals surface area contributed by atoms with E-state index in [1.165, 1.54) is 4.31 Å². The number of sulfonamides is 1. The summed E-state index contributed by atoms with van der Waals surface area (Å²) in [6, 6.07) is 13.6. The molecule has 2 N–H and O–H groups in total. The minimum absolute atomic E-state index is 0.0214. The zero-order valence-corrected chi connectivity index (χ0v) is 17.7. The lowest BCUT2D eigenvalue weighted by molar-refractivity contribution is 0.111. The molecule has 3 rings (SSSR count). The first kappa shape index (κ1) is 21.6. The predicted octanol–water partition coefficient (Wildman–Crippen LogP) is 1.47. The molecule has 1 saturated heterocycles. The maximum atomic E-state index is 13.4. The minimum atomic E-state index is -3.82. The topological polar surface area (TPSA) is 82.1 Å². The van der Waals surface area contributed by atoms with Crippen molar-refractivity contribution in [2.75, 3.05) is 50.7 Å². The summed E-state index contributed by atoms with van der Waals surface area (Å²) in [4.78, 5) is 2.35. The molecular formula is C21H29N3O4S. The summed E-state index contributed by atoms with van der Waals surface area (Å²) >= 11 is 0. The van der Waals surface area contributed by atoms with E-state index in [1.807, 2.05) is 6.92 Å². The minimum Gasteiger partial charge on any atom is -0.497 e. The molecule has 0 saturated carbocycles. The molecule has 0 spiro atoms. The molecule has 2 aromatic rings. The highest BCUT2D eigenvalue weighted by molar-refractivity contribution is 7.92. The van der Waals surface area contributed by atoms with Crippen LogP contribution in [0.1, 0.15) is 5.56 Å². The highest BCUT2D eigenvalue weighted by Gasteiger charge is 2.28. The Hall–Kier alpha value is -2.13. The summed E-state index contributed by atoms with van der Waals surface area (Å²) in [6.45, 7) is 5.74. The van der Waals surface area contributed by atoms with Crippen LogP contribution >= 0.6 is 0 Å². The van der Waals surface area contributed by atoms with E-state index in [1.54, 1.807) is 55.6 Å². The maximum Gasteiger partial charge on any atom is 0.264 e. The van der Waals surface area contributed by atoms with Crippen LogP contribution in [0, 0.1) is 6.92 Å². The van der Waals surface area contributed by atoms with Crippen molar-refractivity contribution in [3.05, 3.63) is 54.1 Å². The van der Waals surface area contributed by atoms with Crippen molar-refractivity contribution in [3.63, 3.8) is 0 Å². The second-order valence-electron chi connectivity index (χ2n) is 7.25. The van der Waals surface area contributed by atoms with Gasteiger partial charge in [-0.05, 0) is 43.3 Å². The Labute approximate surface area is 173 Å². The SMILES string of the molecule is COc1ccc(N(C[C@@H](O)CN2CCNCC2)S(=O)(=O)c2ccc(C)cc2)cc1. The molecule has 0 unspecified atom stereocenters. The van der Waals surface area contributed by atoms with Crippen LogP contribution in [0.25, 0.3) is 0 Å². The molecule has 1 fully saturated rings. The molecule has 0 bridgehead atoms. The van der Waals surface area contributed by atoms with Gasteiger partial charge in [-0.15, -0.1) is 0 Å². The fourth-order valence-corrected chi connectivity index (χ4v) is 4.87. The summed E-state index contributed by atoms with van der Waals surface area (Å²) in [7, 11) is -2.26. The van der Waals surface area contributed by atoms with E-state index in [-0.39, 0.29) is 11.4 Å². The van der Waals surface area contributed by atoms with Gasteiger partial charge in [0.1, 0.15) is 5.75 Å². The van der Waals surface area contributed by atoms with E-state index in [9.17, 15) is 13.5 Å². The molecule has 1 atom stereocenters. The molecule has 0 amide bonds. The van der Waals surface area contributed by atoms with Gasteiger partial charge in [-0.25, -0.2) is 8.42 Å². The Morgan fingerprint density at radius 2 is 1.72 bits per heavy atom. The van der Waals surface area contributed by atoms with Crippen molar-refractivity contribution in [1.82, 2.24) is 10.2 Å². The van der Waals surface area contributed by atoms with Crippen LogP contribution in [0.3, 0.4) is 0 Å². The number of aryl methyl sites for hydroxylation is 1. The highest BCUT2D eigenvalue weighted by Crippen LogP contribution is 2.26. The van der Waals surface area contributed by atoms with Crippen LogP contribution in [-0.4, -0.2) is 70.9 Å². The van der Waals surface area contributed by atoms with Gasteiger partial charge >= 0.3 is 0 Å². The van der Waals surface area contributed by atoms with E-state index >= 15 is 0 Å². The summed E-state index contributed by atoms with van der Waals surface area (Å²) in [6.07, 6.45) is -0.810. The Bertz CT molecular complexity index is 879. The third kappa shape index (κ3) is 5.48. The first-order chi connectivity index (χ1) is 13.9. The molecule has 1 aliphatic heterocycles. The van der Waals surface area contributed by atoms with Gasteiger partial charge in [-0.3, -0.25) is 9.21 Å². The lowest BCUT2D eigenvalue weighted by atomic mass is 10.2. The maximum absolute atomic E-state index is 13.4. The van der Waals surface area contributed by atoms with Gasteiger partial charge < -0.3 is 15.2 Å². The van der Waals surface area contributed by atoms with Crippen molar-refractivity contribution in [3.8, 4) is 5.75 Å². The van der Waals surface area contributed by atoms with E-state index in [4.69, 9.17) is 4.74 Å². The number of aliphatic hydroxyl groups is 1. The zero-order valence-electron chi connectivity index (χ0n) is 16.9. The predicted molar refractivity (Wildman–Crippen MR) is 114 cm³/mol. The van der Waals surface area contributed by atoms with Crippen molar-refractivity contribution in [2.45, 2.75) is 17.9 Å². The number of anilines is 1. The van der Waals surface area contributed by atoms with Crippen molar-refractivity contribution in [2.24, 2.45) is 0 Å². The smallest absolute Gasteiger partial charge is 0.264 e. The van der Waals surface area contributed by atoms with Gasteiger partial charge in [-0.2, -0.15) is 0 Å². The first-order valence-corrected chi connectivity index (χ1v) is 11.2. The quantitative estimate of drug-likeness (QED) is 0.674. The number of aliphatic hydroxyl groups excluding tert-OH is 1. The number of β-amino-alcohol motifs (C(OH)–C–C–N with tert-alkyl or cyclic N) is 1. The Balaban J connectivity index is 1.86. The molecule has 1 heterocycles. The van der Waals surface area contributed by atoms with Crippen LogP contribution in [0.15, 0.2) is 53.4 Å². The fraction of sp³-hybridized carbons (Fsp3) is 0.429. The number of benzene rings is 2. The number of nitrogens with zero attached hydrogens (tertiary/aromatic N) is 2. The molecular weight excluding hydrogens is 390 g/mol. The zero-order chi connectivity index (χ0) is 20.9. The van der Waals surface area contributed by atoms with Crippen LogP contribution in [0.4, 0.5) is 5.69 Å². The molecule has 0 aromatic heterocycles. The van der Waals surface area contributed by atoms with E-state index < -0.39 is 16.1 Å². The standard InChI is InChI=1S/C21H29N3O4S/c1-17-3-9-21(10-4-17)29(26,27)24(18-5-7-20(28-2)8-6-18)16-19(25)15-23-13-11-22-12-14-23/h3-10,19,22,25H,11-16H2,1-2H3/t19-/m0/s1. The largest absolute Gasteiger partial charge is 0.497 e. The van der Waals surface area contributed by atoms with Crippen LogP contribution < -0.4 is 14.4 Å². The third-order valence-electron chi connectivity index (χ3n) is 5.02. The molecule has 0 radical (unpaired) electrons. The number of hydrogen-bond acceptors (Lipinski definition) is 6. The summed E-state index contributed by atoms with van der Waals surface area (Å²) in [5.41, 5.74) is 1.48. The monoisotopic (exact) mass is 419 g/mol. The van der Waals surface area contributed by atoms with Gasteiger partial charge in [0.15, 0.2) is 0 Å². The summed E-state index contributed by atoms with van der Waals surface area (Å²) < 4.78 is 33.2. The number of piperazine rings is 1. The Morgan fingerprint density at radius 3 is 2.31 bits per heavy atom. The molecule has 7 nitrogen and oxygen atoms in total. The number of hydrogen-bond donors (Lipinski definition) is 2. The van der Waals surface area contributed by atoms with Crippen LogP contribution in [0.2, 0.25) is 0 Å². The molecule has 1 aliphatic rings. The van der Waals surface area contributed by atoms with Crippen molar-refractivity contribution >= 4 is 15.7 Å². The molecule has 8 heteroatoms. The van der Waals surface area contributed by atoms with E-state index in [0.29, 0.717) is 18.0 Å². The number of methoxy groups -OCH3 is 1. The third-order valence-corrected chi connectivity index (χ3v) is 6.83. The summed E-state index contributed by atoms with van der Waals surface area (Å²) in [5, 5.41) is 14.0. The van der Waals surface area contributed by atoms with Gasteiger partial charge in [0.05, 0.1) is 30.3 Å². The number of nitrogens with one attached hydrogen (secondary N) is 1. The lowest BCUT2D eigenvalue weighted by Gasteiger charge is -2.32.